The SMILES string of the molecule is CCCCCCCCCCCCCC(=O)OCCNC. The van der Waals surface area contributed by atoms with Crippen LogP contribution in [0.3, 0.4) is 0 Å². The zero-order valence-electron chi connectivity index (χ0n) is 13.7. The Morgan fingerprint density at radius 2 is 1.35 bits per heavy atom. The lowest BCUT2D eigenvalue weighted by Crippen LogP contribution is -2.17. The Labute approximate surface area is 125 Å². The molecule has 0 amide bonds. The third-order valence-electron chi connectivity index (χ3n) is 3.60. The molecule has 0 aromatic heterocycles. The molecular weight excluding hydrogens is 250 g/mol. The van der Waals surface area contributed by atoms with Crippen molar-refractivity contribution in [1.82, 2.24) is 5.32 Å². The number of likely N-dealkylation sites (N-methyl/N-ethyl adjacent to an activating group) is 1. The average molecular weight is 285 g/mol. The van der Waals surface area contributed by atoms with Crippen molar-refractivity contribution in [3.8, 4) is 0 Å². The number of nitrogens with one attached hydrogen (secondary N) is 1. The van der Waals surface area contributed by atoms with Crippen LogP contribution in [-0.4, -0.2) is 26.2 Å². The molecule has 0 saturated carbocycles. The third kappa shape index (κ3) is 15.5. The van der Waals surface area contributed by atoms with Crippen LogP contribution in [0.4, 0.5) is 0 Å². The van der Waals surface area contributed by atoms with Crippen molar-refractivity contribution in [3.05, 3.63) is 0 Å². The molecule has 20 heavy (non-hydrogen) atoms. The molecule has 0 aliphatic heterocycles. The maximum absolute atomic E-state index is 11.3. The molecule has 0 aliphatic rings. The first kappa shape index (κ1) is 19.4. The molecule has 1 N–H and O–H groups in total. The van der Waals surface area contributed by atoms with E-state index >= 15 is 0 Å². The number of hydrogen-bond donors (Lipinski definition) is 1. The van der Waals surface area contributed by atoms with Crippen molar-refractivity contribution in [2.24, 2.45) is 0 Å². The van der Waals surface area contributed by atoms with Gasteiger partial charge in [0.15, 0.2) is 0 Å². The van der Waals surface area contributed by atoms with Crippen LogP contribution in [0, 0.1) is 0 Å². The van der Waals surface area contributed by atoms with E-state index in [1.807, 2.05) is 7.05 Å². The van der Waals surface area contributed by atoms with Gasteiger partial charge in [-0.3, -0.25) is 4.79 Å². The van der Waals surface area contributed by atoms with Gasteiger partial charge >= 0.3 is 5.97 Å². The topological polar surface area (TPSA) is 38.3 Å². The van der Waals surface area contributed by atoms with E-state index in [4.69, 9.17) is 4.74 Å². The van der Waals surface area contributed by atoms with Crippen molar-refractivity contribution >= 4 is 5.97 Å². The molecule has 3 heteroatoms. The van der Waals surface area contributed by atoms with E-state index in [0.717, 1.165) is 19.4 Å². The molecule has 0 spiro atoms. The van der Waals surface area contributed by atoms with E-state index in [1.165, 1.54) is 57.8 Å². The summed E-state index contributed by atoms with van der Waals surface area (Å²) >= 11 is 0. The molecule has 0 radical (unpaired) electrons. The summed E-state index contributed by atoms with van der Waals surface area (Å²) in [4.78, 5) is 11.3. The lowest BCUT2D eigenvalue weighted by Gasteiger charge is -2.04. The Morgan fingerprint density at radius 3 is 1.85 bits per heavy atom. The van der Waals surface area contributed by atoms with E-state index in [1.54, 1.807) is 0 Å². The molecule has 0 aromatic carbocycles. The summed E-state index contributed by atoms with van der Waals surface area (Å²) in [6, 6.07) is 0. The van der Waals surface area contributed by atoms with E-state index < -0.39 is 0 Å². The van der Waals surface area contributed by atoms with Gasteiger partial charge in [-0.25, -0.2) is 0 Å². The van der Waals surface area contributed by atoms with Crippen LogP contribution in [0.5, 0.6) is 0 Å². The smallest absolute Gasteiger partial charge is 0.305 e. The van der Waals surface area contributed by atoms with Crippen LogP contribution in [-0.2, 0) is 9.53 Å². The zero-order chi connectivity index (χ0) is 14.9. The molecule has 120 valence electrons. The number of ether oxygens (including phenoxy) is 1. The van der Waals surface area contributed by atoms with Gasteiger partial charge in [-0.2, -0.15) is 0 Å². The summed E-state index contributed by atoms with van der Waals surface area (Å²) in [5, 5.41) is 2.96. The minimum Gasteiger partial charge on any atom is -0.464 e. The van der Waals surface area contributed by atoms with Gasteiger partial charge in [0, 0.05) is 13.0 Å². The van der Waals surface area contributed by atoms with Gasteiger partial charge in [0.1, 0.15) is 6.61 Å². The van der Waals surface area contributed by atoms with Gasteiger partial charge in [-0.05, 0) is 13.5 Å². The fourth-order valence-electron chi connectivity index (χ4n) is 2.27. The number of esters is 1. The van der Waals surface area contributed by atoms with Crippen LogP contribution in [0.1, 0.15) is 84.0 Å². The number of hydrogen-bond acceptors (Lipinski definition) is 3. The predicted molar refractivity (Wildman–Crippen MR) is 86.0 cm³/mol. The first-order chi connectivity index (χ1) is 9.81. The minimum atomic E-state index is -0.0452. The largest absolute Gasteiger partial charge is 0.464 e. The van der Waals surface area contributed by atoms with Crippen molar-refractivity contribution in [2.45, 2.75) is 84.0 Å². The molecular formula is C17H35NO2. The Balaban J connectivity index is 3.07. The van der Waals surface area contributed by atoms with E-state index in [2.05, 4.69) is 12.2 Å². The standard InChI is InChI=1S/C17H35NO2/c1-3-4-5-6-7-8-9-10-11-12-13-14-17(19)20-16-15-18-2/h18H,3-16H2,1-2H3. The van der Waals surface area contributed by atoms with Crippen LogP contribution in [0.25, 0.3) is 0 Å². The quantitative estimate of drug-likeness (QED) is 0.357. The average Bonchev–Trinajstić information content (AvgIpc) is 2.45. The van der Waals surface area contributed by atoms with Gasteiger partial charge < -0.3 is 10.1 Å². The second-order valence-electron chi connectivity index (χ2n) is 5.61. The molecule has 0 atom stereocenters. The molecule has 3 nitrogen and oxygen atoms in total. The lowest BCUT2D eigenvalue weighted by atomic mass is 10.1. The van der Waals surface area contributed by atoms with Gasteiger partial charge in [-0.15, -0.1) is 0 Å². The van der Waals surface area contributed by atoms with Crippen molar-refractivity contribution in [1.29, 1.82) is 0 Å². The highest BCUT2D eigenvalue weighted by molar-refractivity contribution is 5.69. The van der Waals surface area contributed by atoms with Gasteiger partial charge in [0.05, 0.1) is 0 Å². The number of carbonyl (C=O) groups is 1. The normalized spacial score (nSPS) is 10.7. The van der Waals surface area contributed by atoms with Gasteiger partial charge in [0.25, 0.3) is 0 Å². The minimum absolute atomic E-state index is 0.0452. The Kier molecular flexibility index (Phi) is 16.0. The monoisotopic (exact) mass is 285 g/mol. The highest BCUT2D eigenvalue weighted by atomic mass is 16.5. The summed E-state index contributed by atoms with van der Waals surface area (Å²) in [6.45, 7) is 3.49. The molecule has 0 unspecified atom stereocenters. The fraction of sp³-hybridized carbons (Fsp3) is 0.941. The Bertz CT molecular complexity index is 207. The van der Waals surface area contributed by atoms with Crippen molar-refractivity contribution in [2.75, 3.05) is 20.2 Å². The Hall–Kier alpha value is -0.570. The van der Waals surface area contributed by atoms with Gasteiger partial charge in [0.2, 0.25) is 0 Å². The number of carbonyl (C=O) groups excluding carboxylic acids is 1. The summed E-state index contributed by atoms with van der Waals surface area (Å²) in [5.74, 6) is -0.0452. The van der Waals surface area contributed by atoms with E-state index in [0.29, 0.717) is 13.0 Å². The summed E-state index contributed by atoms with van der Waals surface area (Å²) in [7, 11) is 1.86. The zero-order valence-corrected chi connectivity index (χ0v) is 13.7. The highest BCUT2D eigenvalue weighted by Crippen LogP contribution is 2.12. The molecule has 0 aliphatic carbocycles. The van der Waals surface area contributed by atoms with Crippen LogP contribution >= 0.6 is 0 Å². The number of unbranched alkanes of at least 4 members (excludes halogenated alkanes) is 10. The van der Waals surface area contributed by atoms with E-state index in [9.17, 15) is 4.79 Å². The van der Waals surface area contributed by atoms with Crippen LogP contribution < -0.4 is 5.32 Å². The van der Waals surface area contributed by atoms with Crippen LogP contribution in [0.2, 0.25) is 0 Å². The summed E-state index contributed by atoms with van der Waals surface area (Å²) < 4.78 is 5.07. The molecule has 0 heterocycles. The van der Waals surface area contributed by atoms with Crippen molar-refractivity contribution in [3.63, 3.8) is 0 Å². The second-order valence-corrected chi connectivity index (χ2v) is 5.61. The highest BCUT2D eigenvalue weighted by Gasteiger charge is 2.01. The Morgan fingerprint density at radius 1 is 0.850 bits per heavy atom. The first-order valence-corrected chi connectivity index (χ1v) is 8.61. The molecule has 0 aromatic rings. The number of rotatable bonds is 15. The van der Waals surface area contributed by atoms with Crippen molar-refractivity contribution < 1.29 is 9.53 Å². The van der Waals surface area contributed by atoms with E-state index in [-0.39, 0.29) is 5.97 Å². The molecule has 0 fully saturated rings. The lowest BCUT2D eigenvalue weighted by molar-refractivity contribution is -0.143. The summed E-state index contributed by atoms with van der Waals surface area (Å²) in [5.41, 5.74) is 0. The summed E-state index contributed by atoms with van der Waals surface area (Å²) in [6.07, 6.45) is 15.0. The van der Waals surface area contributed by atoms with Crippen LogP contribution in [0.15, 0.2) is 0 Å². The molecule has 0 saturated heterocycles. The third-order valence-corrected chi connectivity index (χ3v) is 3.60. The molecule has 0 rings (SSSR count). The fourth-order valence-corrected chi connectivity index (χ4v) is 2.27. The first-order valence-electron chi connectivity index (χ1n) is 8.61. The maximum Gasteiger partial charge on any atom is 0.305 e. The maximum atomic E-state index is 11.3. The predicted octanol–water partition coefficient (Wildman–Crippen LogP) is 4.45. The molecule has 0 bridgehead atoms. The second kappa shape index (κ2) is 16.5. The van der Waals surface area contributed by atoms with Gasteiger partial charge in [-0.1, -0.05) is 71.1 Å².